The van der Waals surface area contributed by atoms with Crippen molar-refractivity contribution in [2.24, 2.45) is 0 Å². The van der Waals surface area contributed by atoms with E-state index in [0.29, 0.717) is 17.5 Å². The van der Waals surface area contributed by atoms with E-state index in [2.05, 4.69) is 83.8 Å². The summed E-state index contributed by atoms with van der Waals surface area (Å²) >= 11 is 0. The van der Waals surface area contributed by atoms with E-state index < -0.39 is 0 Å². The van der Waals surface area contributed by atoms with Crippen LogP contribution >= 0.6 is 0 Å². The Balaban J connectivity index is 1.43. The van der Waals surface area contributed by atoms with Gasteiger partial charge in [-0.05, 0) is 52.6 Å². The summed E-state index contributed by atoms with van der Waals surface area (Å²) in [5.41, 5.74) is 8.33. The van der Waals surface area contributed by atoms with E-state index in [1.165, 1.54) is 5.56 Å². The Morgan fingerprint density at radius 1 is 0.350 bits per heavy atom. The van der Waals surface area contributed by atoms with Crippen molar-refractivity contribution in [3.05, 3.63) is 146 Å². The molecular formula is C36H24N4. The van der Waals surface area contributed by atoms with Gasteiger partial charge in [-0.15, -0.1) is 0 Å². The molecule has 7 rings (SSSR count). The highest BCUT2D eigenvalue weighted by Crippen LogP contribution is 2.36. The second-order valence-electron chi connectivity index (χ2n) is 9.58. The van der Waals surface area contributed by atoms with Crippen molar-refractivity contribution in [2.75, 3.05) is 0 Å². The summed E-state index contributed by atoms with van der Waals surface area (Å²) < 4.78 is 0. The van der Waals surface area contributed by atoms with Crippen LogP contribution in [-0.4, -0.2) is 19.9 Å². The summed E-state index contributed by atoms with van der Waals surface area (Å²) in [6.07, 6.45) is 1.81. The van der Waals surface area contributed by atoms with Crippen molar-refractivity contribution < 1.29 is 0 Å². The molecule has 5 aromatic carbocycles. The van der Waals surface area contributed by atoms with Crippen LogP contribution in [0.5, 0.6) is 0 Å². The third kappa shape index (κ3) is 4.63. The van der Waals surface area contributed by atoms with E-state index >= 15 is 0 Å². The van der Waals surface area contributed by atoms with E-state index in [1.54, 1.807) is 6.20 Å². The van der Waals surface area contributed by atoms with Crippen molar-refractivity contribution in [3.63, 3.8) is 0 Å². The van der Waals surface area contributed by atoms with E-state index in [-0.39, 0.29) is 0 Å². The summed E-state index contributed by atoms with van der Waals surface area (Å²) in [5, 5.41) is 1.04. The van der Waals surface area contributed by atoms with Gasteiger partial charge in [-0.3, -0.25) is 4.98 Å². The Hall–Kier alpha value is -5.48. The van der Waals surface area contributed by atoms with Gasteiger partial charge in [-0.1, -0.05) is 109 Å². The van der Waals surface area contributed by atoms with E-state index in [4.69, 9.17) is 15.0 Å². The van der Waals surface area contributed by atoms with Crippen molar-refractivity contribution >= 4 is 10.9 Å². The lowest BCUT2D eigenvalue weighted by Crippen LogP contribution is -2.00. The number of fused-ring (bicyclic) bond motifs is 1. The van der Waals surface area contributed by atoms with Crippen LogP contribution in [0.2, 0.25) is 0 Å². The maximum atomic E-state index is 5.00. The summed E-state index contributed by atoms with van der Waals surface area (Å²) in [4.78, 5) is 19.3. The Labute approximate surface area is 232 Å². The molecule has 0 aliphatic carbocycles. The fourth-order valence-electron chi connectivity index (χ4n) is 4.97. The van der Waals surface area contributed by atoms with Crippen molar-refractivity contribution in [1.29, 1.82) is 0 Å². The Morgan fingerprint density at radius 2 is 0.875 bits per heavy atom. The quantitative estimate of drug-likeness (QED) is 0.231. The number of pyridine rings is 1. The SMILES string of the molecule is c1ccc(-c2nc(-c3ccc(-c4ccccc4)c(-c4ccccc4)c3)nc(-c3ccc4ncccc4c3)n2)cc1. The average molecular weight is 513 g/mol. The molecule has 0 radical (unpaired) electrons. The molecule has 0 saturated heterocycles. The molecule has 0 aliphatic heterocycles. The third-order valence-electron chi connectivity index (χ3n) is 6.98. The first kappa shape index (κ1) is 23.6. The summed E-state index contributed by atoms with van der Waals surface area (Å²) in [6.45, 7) is 0. The van der Waals surface area contributed by atoms with Gasteiger partial charge < -0.3 is 0 Å². The van der Waals surface area contributed by atoms with E-state index in [9.17, 15) is 0 Å². The maximum absolute atomic E-state index is 5.00. The highest BCUT2D eigenvalue weighted by Gasteiger charge is 2.15. The second kappa shape index (κ2) is 10.4. The Morgan fingerprint density at radius 3 is 1.52 bits per heavy atom. The lowest BCUT2D eigenvalue weighted by Gasteiger charge is -2.14. The van der Waals surface area contributed by atoms with Gasteiger partial charge in [0.05, 0.1) is 5.52 Å². The minimum absolute atomic E-state index is 0.628. The molecule has 7 aromatic rings. The first-order chi connectivity index (χ1) is 19.8. The van der Waals surface area contributed by atoms with Crippen LogP contribution in [0.3, 0.4) is 0 Å². The third-order valence-corrected chi connectivity index (χ3v) is 6.98. The molecular weight excluding hydrogens is 488 g/mol. The predicted octanol–water partition coefficient (Wildman–Crippen LogP) is 8.75. The van der Waals surface area contributed by atoms with Gasteiger partial charge in [-0.25, -0.2) is 15.0 Å². The molecule has 0 amide bonds. The van der Waals surface area contributed by atoms with Crippen LogP contribution in [-0.2, 0) is 0 Å². The fourth-order valence-corrected chi connectivity index (χ4v) is 4.97. The lowest BCUT2D eigenvalue weighted by atomic mass is 9.92. The Kier molecular flexibility index (Phi) is 6.11. The van der Waals surface area contributed by atoms with Gasteiger partial charge in [-0.2, -0.15) is 0 Å². The minimum atomic E-state index is 0.628. The van der Waals surface area contributed by atoms with Gasteiger partial charge in [0, 0.05) is 28.3 Å². The second-order valence-corrected chi connectivity index (χ2v) is 9.58. The molecule has 0 spiro atoms. The zero-order valence-electron chi connectivity index (χ0n) is 21.6. The van der Waals surface area contributed by atoms with Crippen molar-refractivity contribution in [3.8, 4) is 56.4 Å². The largest absolute Gasteiger partial charge is 0.256 e. The fraction of sp³-hybridized carbons (Fsp3) is 0. The molecule has 2 heterocycles. The van der Waals surface area contributed by atoms with Crippen LogP contribution < -0.4 is 0 Å². The summed E-state index contributed by atoms with van der Waals surface area (Å²) in [5.74, 6) is 1.90. The average Bonchev–Trinajstić information content (AvgIpc) is 3.05. The van der Waals surface area contributed by atoms with Crippen LogP contribution in [0.4, 0.5) is 0 Å². The standard InChI is InChI=1S/C36H24N4/c1-4-11-25(12-5-1)31-20-18-30(24-32(31)26-13-6-2-7-14-26)36-39-34(27-15-8-3-9-16-27)38-35(40-36)29-19-21-33-28(23-29)17-10-22-37-33/h1-24H. The number of rotatable bonds is 5. The minimum Gasteiger partial charge on any atom is -0.256 e. The molecule has 0 bridgehead atoms. The number of benzene rings is 5. The Bertz CT molecular complexity index is 1940. The smallest absolute Gasteiger partial charge is 0.164 e. The van der Waals surface area contributed by atoms with Crippen molar-refractivity contribution in [1.82, 2.24) is 19.9 Å². The first-order valence-electron chi connectivity index (χ1n) is 13.2. The highest BCUT2D eigenvalue weighted by molar-refractivity contribution is 5.87. The molecule has 188 valence electrons. The number of hydrogen-bond donors (Lipinski definition) is 0. The molecule has 0 atom stereocenters. The number of hydrogen-bond acceptors (Lipinski definition) is 4. The molecule has 0 saturated carbocycles. The van der Waals surface area contributed by atoms with Gasteiger partial charge >= 0.3 is 0 Å². The predicted molar refractivity (Wildman–Crippen MR) is 162 cm³/mol. The van der Waals surface area contributed by atoms with Gasteiger partial charge in [0.25, 0.3) is 0 Å². The zero-order valence-corrected chi connectivity index (χ0v) is 21.6. The monoisotopic (exact) mass is 512 g/mol. The van der Waals surface area contributed by atoms with Crippen LogP contribution in [0.15, 0.2) is 146 Å². The van der Waals surface area contributed by atoms with Gasteiger partial charge in [0.15, 0.2) is 17.5 Å². The highest BCUT2D eigenvalue weighted by atomic mass is 15.0. The summed E-state index contributed by atoms with van der Waals surface area (Å²) in [7, 11) is 0. The molecule has 4 nitrogen and oxygen atoms in total. The van der Waals surface area contributed by atoms with Crippen LogP contribution in [0.1, 0.15) is 0 Å². The normalized spacial score (nSPS) is 11.0. The maximum Gasteiger partial charge on any atom is 0.164 e. The molecule has 2 aromatic heterocycles. The number of nitrogens with zero attached hydrogens (tertiary/aromatic N) is 4. The topological polar surface area (TPSA) is 51.6 Å². The number of aromatic nitrogens is 4. The molecule has 4 heteroatoms. The van der Waals surface area contributed by atoms with Crippen molar-refractivity contribution in [2.45, 2.75) is 0 Å². The van der Waals surface area contributed by atoms with E-state index in [1.807, 2.05) is 60.7 Å². The zero-order chi connectivity index (χ0) is 26.7. The summed E-state index contributed by atoms with van der Waals surface area (Å²) in [6, 6.07) is 47.6. The molecule has 0 fully saturated rings. The van der Waals surface area contributed by atoms with Gasteiger partial charge in [0.1, 0.15) is 0 Å². The molecule has 0 N–H and O–H groups in total. The molecule has 0 unspecified atom stereocenters. The van der Waals surface area contributed by atoms with E-state index in [0.717, 1.165) is 44.3 Å². The van der Waals surface area contributed by atoms with Gasteiger partial charge in [0.2, 0.25) is 0 Å². The van der Waals surface area contributed by atoms with Crippen LogP contribution in [0, 0.1) is 0 Å². The van der Waals surface area contributed by atoms with Crippen LogP contribution in [0.25, 0.3) is 67.3 Å². The first-order valence-corrected chi connectivity index (χ1v) is 13.2. The molecule has 0 aliphatic rings. The lowest BCUT2D eigenvalue weighted by molar-refractivity contribution is 1.07. The molecule has 40 heavy (non-hydrogen) atoms.